The standard InChI is InChI=1S/C8H11N5O/c9-6(5-14)4-7-2-1-3-8(11-7)12-13-10/h1-3,6,14H,4-5,9H2/t6-/m1/s1. The molecule has 1 aromatic rings. The molecule has 1 rings (SSSR count). The number of nitrogens with zero attached hydrogens (tertiary/aromatic N) is 4. The number of hydrogen-bond donors (Lipinski definition) is 2. The zero-order valence-electron chi connectivity index (χ0n) is 7.54. The fourth-order valence-corrected chi connectivity index (χ4v) is 1.02. The van der Waals surface area contributed by atoms with Crippen LogP contribution in [0.4, 0.5) is 5.82 Å². The molecule has 0 radical (unpaired) electrons. The van der Waals surface area contributed by atoms with Crippen molar-refractivity contribution < 1.29 is 5.11 Å². The van der Waals surface area contributed by atoms with Gasteiger partial charge in [0.2, 0.25) is 0 Å². The number of hydrogen-bond acceptors (Lipinski definition) is 4. The molecular formula is C8H11N5O. The predicted molar refractivity (Wildman–Crippen MR) is 51.8 cm³/mol. The van der Waals surface area contributed by atoms with Gasteiger partial charge in [-0.2, -0.15) is 0 Å². The van der Waals surface area contributed by atoms with Gasteiger partial charge in [0.15, 0.2) is 0 Å². The minimum absolute atomic E-state index is 0.0899. The van der Waals surface area contributed by atoms with Crippen molar-refractivity contribution in [3.05, 3.63) is 34.3 Å². The summed E-state index contributed by atoms with van der Waals surface area (Å²) in [6.07, 6.45) is 0.464. The van der Waals surface area contributed by atoms with Gasteiger partial charge in [0.05, 0.1) is 6.61 Å². The first-order valence-corrected chi connectivity index (χ1v) is 4.13. The zero-order chi connectivity index (χ0) is 10.4. The summed E-state index contributed by atoms with van der Waals surface area (Å²) in [6, 6.07) is 4.78. The van der Waals surface area contributed by atoms with E-state index in [0.717, 1.165) is 0 Å². The Bertz CT molecular complexity index is 347. The second-order valence-corrected chi connectivity index (χ2v) is 2.82. The SMILES string of the molecule is [N-]=[N+]=Nc1cccc(C[C@@H](N)CO)n1. The molecule has 0 aliphatic carbocycles. The summed E-state index contributed by atoms with van der Waals surface area (Å²) in [6.45, 7) is -0.0899. The van der Waals surface area contributed by atoms with Gasteiger partial charge in [-0.15, -0.1) is 0 Å². The summed E-state index contributed by atoms with van der Waals surface area (Å²) < 4.78 is 0. The summed E-state index contributed by atoms with van der Waals surface area (Å²) in [5.74, 6) is 0.315. The Hall–Kier alpha value is -1.62. The van der Waals surface area contributed by atoms with Crippen LogP contribution in [0.25, 0.3) is 10.4 Å². The smallest absolute Gasteiger partial charge is 0.127 e. The number of nitrogens with two attached hydrogens (primary N) is 1. The highest BCUT2D eigenvalue weighted by Gasteiger charge is 2.03. The van der Waals surface area contributed by atoms with Crippen molar-refractivity contribution in [3.8, 4) is 0 Å². The maximum atomic E-state index is 8.73. The third-order valence-electron chi connectivity index (χ3n) is 1.65. The average molecular weight is 193 g/mol. The molecule has 1 aromatic heterocycles. The van der Waals surface area contributed by atoms with Crippen molar-refractivity contribution >= 4 is 5.82 Å². The van der Waals surface area contributed by atoms with Crippen molar-refractivity contribution in [1.82, 2.24) is 4.98 Å². The second-order valence-electron chi connectivity index (χ2n) is 2.82. The summed E-state index contributed by atoms with van der Waals surface area (Å²) in [7, 11) is 0. The minimum atomic E-state index is -0.330. The van der Waals surface area contributed by atoms with Crippen LogP contribution in [0.2, 0.25) is 0 Å². The molecule has 1 heterocycles. The molecule has 0 aliphatic rings. The molecule has 0 bridgehead atoms. The molecule has 74 valence electrons. The first-order chi connectivity index (χ1) is 6.76. The highest BCUT2D eigenvalue weighted by atomic mass is 16.3. The largest absolute Gasteiger partial charge is 0.395 e. The predicted octanol–water partition coefficient (Wildman–Crippen LogP) is 0.885. The van der Waals surface area contributed by atoms with Crippen LogP contribution in [0, 0.1) is 0 Å². The van der Waals surface area contributed by atoms with Crippen LogP contribution in [0.1, 0.15) is 5.69 Å². The van der Waals surface area contributed by atoms with E-state index in [-0.39, 0.29) is 12.6 Å². The van der Waals surface area contributed by atoms with Crippen molar-refractivity contribution in [3.63, 3.8) is 0 Å². The highest BCUT2D eigenvalue weighted by Crippen LogP contribution is 2.09. The Morgan fingerprint density at radius 2 is 2.43 bits per heavy atom. The molecule has 14 heavy (non-hydrogen) atoms. The van der Waals surface area contributed by atoms with E-state index in [4.69, 9.17) is 16.4 Å². The molecule has 0 saturated heterocycles. The number of pyridine rings is 1. The van der Waals surface area contributed by atoms with E-state index in [2.05, 4.69) is 15.0 Å². The quantitative estimate of drug-likeness (QED) is 0.421. The molecule has 6 heteroatoms. The number of aliphatic hydroxyl groups excluding tert-OH is 1. The Kier molecular flexibility index (Phi) is 3.87. The second kappa shape index (κ2) is 5.18. The number of rotatable bonds is 4. The molecule has 3 N–H and O–H groups in total. The molecule has 0 amide bonds. The molecule has 0 aliphatic heterocycles. The Balaban J connectivity index is 2.77. The summed E-state index contributed by atoms with van der Waals surface area (Å²) in [5, 5.41) is 12.1. The van der Waals surface area contributed by atoms with Gasteiger partial charge in [0.1, 0.15) is 5.82 Å². The third kappa shape index (κ3) is 3.02. The molecule has 1 atom stereocenters. The van der Waals surface area contributed by atoms with Crippen molar-refractivity contribution in [2.75, 3.05) is 6.61 Å². The third-order valence-corrected chi connectivity index (χ3v) is 1.65. The molecule has 0 spiro atoms. The van der Waals surface area contributed by atoms with Crippen LogP contribution in [-0.4, -0.2) is 22.7 Å². The van der Waals surface area contributed by atoms with Crippen molar-refractivity contribution in [1.29, 1.82) is 0 Å². The first-order valence-electron chi connectivity index (χ1n) is 4.13. The Labute approximate surface area is 81.0 Å². The van der Waals surface area contributed by atoms with E-state index in [1.807, 2.05) is 0 Å². The number of aliphatic hydroxyl groups is 1. The fourth-order valence-electron chi connectivity index (χ4n) is 1.02. The van der Waals surface area contributed by atoms with E-state index in [1.165, 1.54) is 0 Å². The van der Waals surface area contributed by atoms with E-state index < -0.39 is 0 Å². The average Bonchev–Trinajstić information content (AvgIpc) is 2.19. The minimum Gasteiger partial charge on any atom is -0.395 e. The maximum Gasteiger partial charge on any atom is 0.127 e. The van der Waals surface area contributed by atoms with Gasteiger partial charge in [-0.25, -0.2) is 0 Å². The van der Waals surface area contributed by atoms with E-state index in [0.29, 0.717) is 17.9 Å². The monoisotopic (exact) mass is 193 g/mol. The Morgan fingerprint density at radius 1 is 1.64 bits per heavy atom. The van der Waals surface area contributed by atoms with E-state index >= 15 is 0 Å². The molecule has 0 unspecified atom stereocenters. The number of azide groups is 1. The Morgan fingerprint density at radius 3 is 3.07 bits per heavy atom. The summed E-state index contributed by atoms with van der Waals surface area (Å²) in [5.41, 5.74) is 14.4. The van der Waals surface area contributed by atoms with Crippen LogP contribution >= 0.6 is 0 Å². The molecule has 6 nitrogen and oxygen atoms in total. The molecule has 0 fully saturated rings. The maximum absolute atomic E-state index is 8.73. The number of aromatic nitrogens is 1. The van der Waals surface area contributed by atoms with Gasteiger partial charge in [-0.3, -0.25) is 4.98 Å². The van der Waals surface area contributed by atoms with Crippen LogP contribution in [0.3, 0.4) is 0 Å². The van der Waals surface area contributed by atoms with Gasteiger partial charge in [-0.05, 0) is 22.8 Å². The van der Waals surface area contributed by atoms with Gasteiger partial charge in [0, 0.05) is 23.1 Å². The van der Waals surface area contributed by atoms with Crippen LogP contribution in [-0.2, 0) is 6.42 Å². The lowest BCUT2D eigenvalue weighted by Crippen LogP contribution is -2.27. The van der Waals surface area contributed by atoms with Crippen LogP contribution in [0.15, 0.2) is 23.3 Å². The zero-order valence-corrected chi connectivity index (χ0v) is 7.54. The van der Waals surface area contributed by atoms with Gasteiger partial charge in [0.25, 0.3) is 0 Å². The fraction of sp³-hybridized carbons (Fsp3) is 0.375. The lowest BCUT2D eigenvalue weighted by Gasteiger charge is -2.06. The van der Waals surface area contributed by atoms with Gasteiger partial charge in [-0.1, -0.05) is 6.07 Å². The van der Waals surface area contributed by atoms with E-state index in [1.54, 1.807) is 18.2 Å². The van der Waals surface area contributed by atoms with Crippen LogP contribution in [0.5, 0.6) is 0 Å². The normalized spacial score (nSPS) is 11.9. The first kappa shape index (κ1) is 10.5. The molecule has 0 aromatic carbocycles. The lowest BCUT2D eigenvalue weighted by atomic mass is 10.1. The van der Waals surface area contributed by atoms with Crippen molar-refractivity contribution in [2.24, 2.45) is 10.8 Å². The topological polar surface area (TPSA) is 108 Å². The van der Waals surface area contributed by atoms with Gasteiger partial charge >= 0.3 is 0 Å². The lowest BCUT2D eigenvalue weighted by molar-refractivity contribution is 0.264. The van der Waals surface area contributed by atoms with Gasteiger partial charge < -0.3 is 10.8 Å². The highest BCUT2D eigenvalue weighted by molar-refractivity contribution is 5.28. The van der Waals surface area contributed by atoms with E-state index in [9.17, 15) is 0 Å². The molecule has 0 saturated carbocycles. The molecular weight excluding hydrogens is 182 g/mol. The summed E-state index contributed by atoms with van der Waals surface area (Å²) in [4.78, 5) is 6.67. The summed E-state index contributed by atoms with van der Waals surface area (Å²) >= 11 is 0. The van der Waals surface area contributed by atoms with Crippen molar-refractivity contribution in [2.45, 2.75) is 12.5 Å². The van der Waals surface area contributed by atoms with Crippen LogP contribution < -0.4 is 5.73 Å².